The van der Waals surface area contributed by atoms with Gasteiger partial charge in [-0.2, -0.15) is 0 Å². The molecule has 190 valence electrons. The molecule has 0 aliphatic rings. The standard InChI is InChI=1S/C29H26N6O3/c1-16(2)29(37)34-20-9-6-18(7-10-20)26-24(25-27(30)32-15-33-28(25)35(26)4)19-8-11-22(21(36)13-19)38-23-12-5-17(3)14-31-23/h5-15,36H,1H2,2-4H3,(H,34,37)(H2,30,32,33). The number of carbonyl (C=O) groups is 1. The SMILES string of the molecule is C=C(C)C(=O)Nc1ccc(-c2c(-c3ccc(Oc4ccc(C)cn4)c(O)c3)c3c(N)ncnc3n2C)cc1. The number of nitrogens with two attached hydrogens (primary N) is 1. The molecule has 1 amide bonds. The van der Waals surface area contributed by atoms with E-state index in [2.05, 4.69) is 26.8 Å². The summed E-state index contributed by atoms with van der Waals surface area (Å²) in [5.41, 5.74) is 12.2. The van der Waals surface area contributed by atoms with Crippen LogP contribution in [0, 0.1) is 6.92 Å². The molecule has 0 aliphatic carbocycles. The second-order valence-electron chi connectivity index (χ2n) is 9.01. The second kappa shape index (κ2) is 9.70. The highest BCUT2D eigenvalue weighted by molar-refractivity contribution is 6.08. The van der Waals surface area contributed by atoms with Crippen LogP contribution in [0.15, 0.2) is 79.3 Å². The van der Waals surface area contributed by atoms with Gasteiger partial charge in [0, 0.05) is 36.1 Å². The van der Waals surface area contributed by atoms with Crippen LogP contribution in [0.4, 0.5) is 11.5 Å². The molecule has 0 unspecified atom stereocenters. The highest BCUT2D eigenvalue weighted by Gasteiger charge is 2.23. The molecule has 5 rings (SSSR count). The highest BCUT2D eigenvalue weighted by atomic mass is 16.5. The van der Waals surface area contributed by atoms with Crippen molar-refractivity contribution in [1.82, 2.24) is 19.5 Å². The van der Waals surface area contributed by atoms with Crippen LogP contribution in [0.25, 0.3) is 33.4 Å². The number of rotatable bonds is 6. The molecule has 3 heterocycles. The lowest BCUT2D eigenvalue weighted by atomic mass is 9.98. The first kappa shape index (κ1) is 24.5. The van der Waals surface area contributed by atoms with Crippen molar-refractivity contribution in [1.29, 1.82) is 0 Å². The minimum absolute atomic E-state index is 0.0545. The minimum atomic E-state index is -0.246. The summed E-state index contributed by atoms with van der Waals surface area (Å²) < 4.78 is 7.72. The van der Waals surface area contributed by atoms with E-state index in [0.29, 0.717) is 39.6 Å². The number of pyridine rings is 1. The smallest absolute Gasteiger partial charge is 0.250 e. The molecule has 0 bridgehead atoms. The van der Waals surface area contributed by atoms with Crippen molar-refractivity contribution < 1.29 is 14.6 Å². The van der Waals surface area contributed by atoms with Crippen molar-refractivity contribution in [2.75, 3.05) is 11.1 Å². The Morgan fingerprint density at radius 3 is 2.45 bits per heavy atom. The molecule has 0 aliphatic heterocycles. The highest BCUT2D eigenvalue weighted by Crippen LogP contribution is 2.44. The van der Waals surface area contributed by atoms with E-state index in [1.807, 2.05) is 54.9 Å². The number of nitrogens with zero attached hydrogens (tertiary/aromatic N) is 4. The van der Waals surface area contributed by atoms with Crippen LogP contribution in [0.5, 0.6) is 17.4 Å². The maximum absolute atomic E-state index is 12.0. The number of nitrogens with one attached hydrogen (secondary N) is 1. The Hall–Kier alpha value is -5.18. The molecule has 2 aromatic carbocycles. The fraction of sp³-hybridized carbons (Fsp3) is 0.103. The first-order valence-electron chi connectivity index (χ1n) is 11.8. The van der Waals surface area contributed by atoms with Gasteiger partial charge in [0.1, 0.15) is 17.8 Å². The lowest BCUT2D eigenvalue weighted by molar-refractivity contribution is -0.112. The number of carbonyl (C=O) groups excluding carboxylic acids is 1. The lowest BCUT2D eigenvalue weighted by Gasteiger charge is -2.12. The Morgan fingerprint density at radius 2 is 1.79 bits per heavy atom. The van der Waals surface area contributed by atoms with Crippen molar-refractivity contribution in [3.8, 4) is 39.8 Å². The predicted molar refractivity (Wildman–Crippen MR) is 148 cm³/mol. The van der Waals surface area contributed by atoms with Gasteiger partial charge < -0.3 is 25.5 Å². The number of hydrogen-bond acceptors (Lipinski definition) is 7. The maximum Gasteiger partial charge on any atom is 0.250 e. The van der Waals surface area contributed by atoms with Crippen molar-refractivity contribution in [3.63, 3.8) is 0 Å². The number of aromatic hydroxyl groups is 1. The minimum Gasteiger partial charge on any atom is -0.504 e. The van der Waals surface area contributed by atoms with E-state index in [1.54, 1.807) is 31.3 Å². The summed E-state index contributed by atoms with van der Waals surface area (Å²) >= 11 is 0. The number of anilines is 2. The van der Waals surface area contributed by atoms with E-state index in [1.165, 1.54) is 6.33 Å². The molecular weight excluding hydrogens is 480 g/mol. The summed E-state index contributed by atoms with van der Waals surface area (Å²) in [5, 5.41) is 14.4. The van der Waals surface area contributed by atoms with Crippen LogP contribution < -0.4 is 15.8 Å². The van der Waals surface area contributed by atoms with Crippen molar-refractivity contribution >= 4 is 28.4 Å². The third kappa shape index (κ3) is 4.53. The molecule has 0 fully saturated rings. The maximum atomic E-state index is 12.0. The summed E-state index contributed by atoms with van der Waals surface area (Å²) in [6.07, 6.45) is 3.12. The Morgan fingerprint density at radius 1 is 1.05 bits per heavy atom. The zero-order valence-electron chi connectivity index (χ0n) is 21.2. The van der Waals surface area contributed by atoms with Gasteiger partial charge in [0.05, 0.1) is 11.1 Å². The molecule has 0 saturated heterocycles. The van der Waals surface area contributed by atoms with Gasteiger partial charge >= 0.3 is 0 Å². The quantitative estimate of drug-likeness (QED) is 0.256. The molecule has 0 atom stereocenters. The third-order valence-corrected chi connectivity index (χ3v) is 6.15. The average Bonchev–Trinajstić information content (AvgIpc) is 3.20. The number of hydrogen-bond donors (Lipinski definition) is 3. The van der Waals surface area contributed by atoms with Crippen LogP contribution in [0.3, 0.4) is 0 Å². The van der Waals surface area contributed by atoms with Gasteiger partial charge in [-0.3, -0.25) is 4.79 Å². The van der Waals surface area contributed by atoms with Crippen LogP contribution in [0.2, 0.25) is 0 Å². The Labute approximate surface area is 219 Å². The van der Waals surface area contributed by atoms with Gasteiger partial charge in [0.15, 0.2) is 11.5 Å². The molecule has 9 heteroatoms. The normalized spacial score (nSPS) is 10.9. The summed E-state index contributed by atoms with van der Waals surface area (Å²) in [6.45, 7) is 7.26. The number of ether oxygens (including phenoxy) is 1. The third-order valence-electron chi connectivity index (χ3n) is 6.15. The molecule has 3 aromatic heterocycles. The molecule has 0 saturated carbocycles. The van der Waals surface area contributed by atoms with Crippen molar-refractivity contribution in [3.05, 3.63) is 84.8 Å². The van der Waals surface area contributed by atoms with Crippen LogP contribution in [-0.4, -0.2) is 30.5 Å². The first-order valence-corrected chi connectivity index (χ1v) is 11.8. The van der Waals surface area contributed by atoms with E-state index >= 15 is 0 Å². The number of aryl methyl sites for hydroxylation is 2. The monoisotopic (exact) mass is 506 g/mol. The Kier molecular flexibility index (Phi) is 6.26. The number of benzene rings is 2. The number of fused-ring (bicyclic) bond motifs is 1. The van der Waals surface area contributed by atoms with Gasteiger partial charge in [0.25, 0.3) is 5.91 Å². The zero-order valence-corrected chi connectivity index (χ0v) is 21.2. The number of phenols is 1. The van der Waals surface area contributed by atoms with E-state index in [4.69, 9.17) is 10.5 Å². The number of amides is 1. The summed E-state index contributed by atoms with van der Waals surface area (Å²) in [6, 6.07) is 16.2. The fourth-order valence-corrected chi connectivity index (χ4v) is 4.23. The van der Waals surface area contributed by atoms with Crippen LogP contribution in [0.1, 0.15) is 12.5 Å². The molecule has 38 heavy (non-hydrogen) atoms. The van der Waals surface area contributed by atoms with Crippen LogP contribution in [-0.2, 0) is 11.8 Å². The summed E-state index contributed by atoms with van der Waals surface area (Å²) in [5.74, 6) is 0.668. The van der Waals surface area contributed by atoms with Crippen molar-refractivity contribution in [2.45, 2.75) is 13.8 Å². The predicted octanol–water partition coefficient (Wildman–Crippen LogP) is 5.60. The Balaban J connectivity index is 1.60. The summed E-state index contributed by atoms with van der Waals surface area (Å²) in [4.78, 5) is 24.9. The molecular formula is C29H26N6O3. The van der Waals surface area contributed by atoms with Gasteiger partial charge in [-0.1, -0.05) is 30.8 Å². The fourth-order valence-electron chi connectivity index (χ4n) is 4.23. The van der Waals surface area contributed by atoms with Gasteiger partial charge in [0.2, 0.25) is 5.88 Å². The first-order chi connectivity index (χ1) is 18.2. The van der Waals surface area contributed by atoms with Gasteiger partial charge in [-0.15, -0.1) is 0 Å². The molecule has 4 N–H and O–H groups in total. The molecule has 5 aromatic rings. The largest absolute Gasteiger partial charge is 0.504 e. The average molecular weight is 507 g/mol. The number of phenolic OH excluding ortho intramolecular Hbond substituents is 1. The van der Waals surface area contributed by atoms with E-state index in [-0.39, 0.29) is 17.4 Å². The topological polar surface area (TPSA) is 128 Å². The van der Waals surface area contributed by atoms with Crippen LogP contribution >= 0.6 is 0 Å². The van der Waals surface area contributed by atoms with E-state index < -0.39 is 0 Å². The van der Waals surface area contributed by atoms with Gasteiger partial charge in [-0.05, 0) is 54.8 Å². The Bertz CT molecular complexity index is 1690. The number of aromatic nitrogens is 4. The number of nitrogen functional groups attached to an aromatic ring is 1. The van der Waals surface area contributed by atoms with E-state index in [9.17, 15) is 9.90 Å². The lowest BCUT2D eigenvalue weighted by Crippen LogP contribution is -2.11. The molecule has 0 spiro atoms. The molecule has 9 nitrogen and oxygen atoms in total. The van der Waals surface area contributed by atoms with Gasteiger partial charge in [-0.25, -0.2) is 15.0 Å². The van der Waals surface area contributed by atoms with Crippen molar-refractivity contribution in [2.24, 2.45) is 7.05 Å². The van der Waals surface area contributed by atoms with E-state index in [0.717, 1.165) is 22.4 Å². The summed E-state index contributed by atoms with van der Waals surface area (Å²) in [7, 11) is 1.89. The molecule has 0 radical (unpaired) electrons. The zero-order chi connectivity index (χ0) is 27.0. The second-order valence-corrected chi connectivity index (χ2v) is 9.01.